The summed E-state index contributed by atoms with van der Waals surface area (Å²) in [5, 5.41) is 18.7. The molecule has 0 aliphatic heterocycles. The standard InChI is InChI=1S/C49H69F3N4O9/c1-13-64-41(63)56-29(23-33(55-56)49(50,51)52)37(58)53-44(8,9)40(62)54-48-21-20-46(11)26(36(48)35(25(2)3)30(57)24-48)14-15-32-45(10)18-17-34(43(6,7)31(45)16-19-47(32,46)12)65-39(61)28-22-27(38(59)60)42(28,4)5/h23,25-28,31-32,34H,13-22,24H2,1-12H3,(H,53,58)(H,54,62)(H,59,60)/t26-,27+,28-,31?,32-,34?,45?,46-,47?,48?/m1/s1. The number of ketones is 1. The van der Waals surface area contributed by atoms with Crippen LogP contribution in [0.5, 0.6) is 0 Å². The molecule has 13 nitrogen and oxygen atoms in total. The Morgan fingerprint density at radius 3 is 2.14 bits per heavy atom. The van der Waals surface area contributed by atoms with Crippen LogP contribution in [-0.2, 0) is 34.8 Å². The number of alkyl halides is 3. The lowest BCUT2D eigenvalue weighted by molar-refractivity contribution is -0.235. The van der Waals surface area contributed by atoms with Crippen LogP contribution in [0.1, 0.15) is 163 Å². The normalized spacial score (nSPS) is 36.0. The van der Waals surface area contributed by atoms with E-state index >= 15 is 0 Å². The predicted molar refractivity (Wildman–Crippen MR) is 232 cm³/mol. The lowest BCUT2D eigenvalue weighted by Gasteiger charge is -2.72. The molecule has 1 aromatic rings. The van der Waals surface area contributed by atoms with Crippen LogP contribution in [-0.4, -0.2) is 74.3 Å². The third kappa shape index (κ3) is 7.34. The number of carboxylic acid groups (broad SMARTS) is 1. The zero-order valence-electron chi connectivity index (χ0n) is 40.1. The molecule has 0 bridgehead atoms. The van der Waals surface area contributed by atoms with Gasteiger partial charge >= 0.3 is 24.2 Å². The number of halogens is 3. The van der Waals surface area contributed by atoms with E-state index in [1.165, 1.54) is 20.8 Å². The summed E-state index contributed by atoms with van der Waals surface area (Å²) in [5.74, 6) is -3.59. The molecule has 65 heavy (non-hydrogen) atoms. The Morgan fingerprint density at radius 1 is 0.892 bits per heavy atom. The minimum Gasteiger partial charge on any atom is -0.481 e. The number of carbonyl (C=O) groups excluding carboxylic acids is 5. The molecule has 6 aliphatic rings. The fourth-order valence-corrected chi connectivity index (χ4v) is 14.7. The SMILES string of the molecule is CCOC(=O)n1nc(C(F)(F)F)cc1C(=O)NC(C)(C)C(=O)NC12CC[C@]3(C)[C@H](CC[C@@H]4C5(C)CCC(OC(=O)[C@H]6C[C@@H](C(=O)O)C6(C)C)C(C)(C)C5CCC43C)C1=C(C(C)C)C(=O)C2. The van der Waals surface area contributed by atoms with Crippen molar-refractivity contribution in [3.8, 4) is 0 Å². The number of aliphatic carboxylic acids is 1. The van der Waals surface area contributed by atoms with E-state index in [4.69, 9.17) is 9.47 Å². The van der Waals surface area contributed by atoms with Gasteiger partial charge in [-0.1, -0.05) is 62.3 Å². The van der Waals surface area contributed by atoms with Crippen molar-refractivity contribution >= 4 is 35.6 Å². The Morgan fingerprint density at radius 2 is 1.55 bits per heavy atom. The Kier molecular flexibility index (Phi) is 11.7. The number of nitrogens with zero attached hydrogens (tertiary/aromatic N) is 2. The smallest absolute Gasteiger partial charge is 0.435 e. The van der Waals surface area contributed by atoms with Crippen molar-refractivity contribution in [2.24, 2.45) is 62.6 Å². The van der Waals surface area contributed by atoms with Gasteiger partial charge in [0, 0.05) is 17.9 Å². The van der Waals surface area contributed by atoms with Gasteiger partial charge < -0.3 is 25.2 Å². The first-order valence-electron chi connectivity index (χ1n) is 23.5. The summed E-state index contributed by atoms with van der Waals surface area (Å²) in [5.41, 5.74) is -4.77. The maximum Gasteiger partial charge on any atom is 0.435 e. The Balaban J connectivity index is 1.13. The second-order valence-corrected chi connectivity index (χ2v) is 23.1. The number of ether oxygens (including phenoxy) is 2. The molecule has 2 amide bonds. The van der Waals surface area contributed by atoms with E-state index in [2.05, 4.69) is 50.4 Å². The highest BCUT2D eigenvalue weighted by Gasteiger charge is 2.71. The van der Waals surface area contributed by atoms with Gasteiger partial charge in [0.15, 0.2) is 11.5 Å². The van der Waals surface area contributed by atoms with E-state index in [0.717, 1.165) is 49.7 Å². The van der Waals surface area contributed by atoms with Gasteiger partial charge in [-0.05, 0) is 135 Å². The number of hydrogen-bond acceptors (Lipinski definition) is 9. The van der Waals surface area contributed by atoms with E-state index in [1.54, 1.807) is 0 Å². The Bertz CT molecular complexity index is 2230. The minimum absolute atomic E-state index is 0.0271. The third-order valence-corrected chi connectivity index (χ3v) is 18.5. The van der Waals surface area contributed by atoms with Crippen molar-refractivity contribution in [2.45, 2.75) is 171 Å². The number of rotatable bonds is 9. The van der Waals surface area contributed by atoms with Gasteiger partial charge in [-0.2, -0.15) is 23.0 Å². The van der Waals surface area contributed by atoms with Crippen LogP contribution in [0, 0.1) is 62.6 Å². The van der Waals surface area contributed by atoms with Crippen molar-refractivity contribution in [2.75, 3.05) is 6.61 Å². The molecule has 0 spiro atoms. The van der Waals surface area contributed by atoms with Crippen LogP contribution in [0.25, 0.3) is 0 Å². The van der Waals surface area contributed by atoms with Crippen LogP contribution >= 0.6 is 0 Å². The molecular weight excluding hydrogens is 846 g/mol. The van der Waals surface area contributed by atoms with E-state index in [0.29, 0.717) is 24.8 Å². The molecule has 5 fully saturated rings. The van der Waals surface area contributed by atoms with Gasteiger partial charge in [-0.25, -0.2) is 4.79 Å². The molecule has 360 valence electrons. The molecule has 0 aromatic carbocycles. The van der Waals surface area contributed by atoms with E-state index in [1.807, 2.05) is 27.7 Å². The minimum atomic E-state index is -4.97. The quantitative estimate of drug-likeness (QED) is 0.202. The summed E-state index contributed by atoms with van der Waals surface area (Å²) in [6.45, 7) is 23.5. The number of carboxylic acids is 1. The largest absolute Gasteiger partial charge is 0.481 e. The van der Waals surface area contributed by atoms with E-state index in [9.17, 15) is 47.0 Å². The van der Waals surface area contributed by atoms with E-state index in [-0.39, 0.29) is 81.4 Å². The van der Waals surface area contributed by atoms with Gasteiger partial charge in [0.25, 0.3) is 5.91 Å². The average molecular weight is 915 g/mol. The van der Waals surface area contributed by atoms with Gasteiger partial charge in [-0.3, -0.25) is 24.0 Å². The predicted octanol–water partition coefficient (Wildman–Crippen LogP) is 8.92. The number of aromatic nitrogens is 2. The molecule has 0 radical (unpaired) electrons. The molecule has 16 heteroatoms. The third-order valence-electron chi connectivity index (χ3n) is 18.5. The number of carbonyl (C=O) groups is 6. The molecule has 3 N–H and O–H groups in total. The van der Waals surface area contributed by atoms with Crippen molar-refractivity contribution in [1.29, 1.82) is 0 Å². The number of esters is 1. The monoisotopic (exact) mass is 915 g/mol. The van der Waals surface area contributed by atoms with Crippen LogP contribution in [0.2, 0.25) is 0 Å². The molecule has 7 rings (SSSR count). The lowest BCUT2D eigenvalue weighted by atomic mass is 9.33. The summed E-state index contributed by atoms with van der Waals surface area (Å²) in [6.07, 6.45) is 0.147. The first kappa shape index (κ1) is 48.7. The zero-order valence-corrected chi connectivity index (χ0v) is 40.1. The number of amides is 2. The van der Waals surface area contributed by atoms with Gasteiger partial charge in [0.05, 0.1) is 24.0 Å². The topological polar surface area (TPSA) is 183 Å². The van der Waals surface area contributed by atoms with Crippen LogP contribution in [0.4, 0.5) is 18.0 Å². The Hall–Kier alpha value is -4.24. The molecule has 6 aliphatic carbocycles. The van der Waals surface area contributed by atoms with Gasteiger partial charge in [0.1, 0.15) is 17.3 Å². The highest BCUT2D eigenvalue weighted by molar-refractivity contribution is 6.04. The summed E-state index contributed by atoms with van der Waals surface area (Å²) < 4.78 is 52.6. The van der Waals surface area contributed by atoms with Crippen LogP contribution in [0.15, 0.2) is 17.2 Å². The molecule has 5 unspecified atom stereocenters. The lowest BCUT2D eigenvalue weighted by Crippen LogP contribution is -2.68. The average Bonchev–Trinajstić information content (AvgIpc) is 3.76. The second kappa shape index (κ2) is 15.7. The summed E-state index contributed by atoms with van der Waals surface area (Å²) in [4.78, 5) is 80.5. The zero-order chi connectivity index (χ0) is 48.4. The first-order chi connectivity index (χ1) is 29.8. The first-order valence-corrected chi connectivity index (χ1v) is 23.5. The molecule has 0 saturated heterocycles. The van der Waals surface area contributed by atoms with Gasteiger partial charge in [0.2, 0.25) is 5.91 Å². The number of fused-ring (bicyclic) bond motifs is 7. The molecule has 1 heterocycles. The fourth-order valence-electron chi connectivity index (χ4n) is 14.7. The molecular formula is C49H69F3N4O9. The summed E-state index contributed by atoms with van der Waals surface area (Å²) in [7, 11) is 0. The van der Waals surface area contributed by atoms with Crippen LogP contribution < -0.4 is 10.6 Å². The fraction of sp³-hybridized carbons (Fsp3) is 0.776. The number of allylic oxidation sites excluding steroid dienone is 1. The second-order valence-electron chi connectivity index (χ2n) is 23.1. The maximum absolute atomic E-state index is 14.5. The van der Waals surface area contributed by atoms with E-state index < -0.39 is 69.8 Å². The summed E-state index contributed by atoms with van der Waals surface area (Å²) >= 11 is 0. The van der Waals surface area contributed by atoms with Crippen molar-refractivity contribution in [3.63, 3.8) is 0 Å². The number of hydrogen-bond donors (Lipinski definition) is 3. The highest BCUT2D eigenvalue weighted by Crippen LogP contribution is 2.76. The Labute approximate surface area is 380 Å². The van der Waals surface area contributed by atoms with Crippen molar-refractivity contribution in [3.05, 3.63) is 28.6 Å². The highest BCUT2D eigenvalue weighted by atomic mass is 19.4. The number of Topliss-reactive ketones (excluding diaryl/α,β-unsaturated/α-hetero) is 1. The number of nitrogens with one attached hydrogen (secondary N) is 2. The molecule has 5 saturated carbocycles. The van der Waals surface area contributed by atoms with Crippen molar-refractivity contribution in [1.82, 2.24) is 20.4 Å². The van der Waals surface area contributed by atoms with Crippen LogP contribution in [0.3, 0.4) is 0 Å². The molecule has 10 atom stereocenters. The maximum atomic E-state index is 14.5. The molecule has 1 aromatic heterocycles. The van der Waals surface area contributed by atoms with Crippen molar-refractivity contribution < 1.29 is 56.5 Å². The van der Waals surface area contributed by atoms with Gasteiger partial charge in [-0.15, -0.1) is 0 Å². The summed E-state index contributed by atoms with van der Waals surface area (Å²) in [6, 6.07) is 0.439.